The van der Waals surface area contributed by atoms with Crippen molar-refractivity contribution in [3.05, 3.63) is 47.5 Å². The van der Waals surface area contributed by atoms with Gasteiger partial charge >= 0.3 is 0 Å². The van der Waals surface area contributed by atoms with E-state index in [0.717, 1.165) is 0 Å². The van der Waals surface area contributed by atoms with Crippen molar-refractivity contribution >= 4 is 50.1 Å². The van der Waals surface area contributed by atoms with Crippen molar-refractivity contribution in [1.29, 1.82) is 0 Å². The van der Waals surface area contributed by atoms with E-state index in [-0.39, 0.29) is 27.2 Å². The summed E-state index contributed by atoms with van der Waals surface area (Å²) in [6.07, 6.45) is 0. The average molecular weight is 371 g/mol. The highest BCUT2D eigenvalue weighted by molar-refractivity contribution is 7.91. The van der Waals surface area contributed by atoms with Crippen LogP contribution in [0.25, 0.3) is 0 Å². The van der Waals surface area contributed by atoms with E-state index < -0.39 is 9.84 Å². The molecule has 2 aromatic rings. The predicted molar refractivity (Wildman–Crippen MR) is 97.1 cm³/mol. The van der Waals surface area contributed by atoms with Gasteiger partial charge in [-0.2, -0.15) is 0 Å². The van der Waals surface area contributed by atoms with Crippen molar-refractivity contribution in [2.45, 2.75) is 11.8 Å². The molecule has 0 saturated carbocycles. The quantitative estimate of drug-likeness (QED) is 0.563. The molecule has 2 aromatic carbocycles. The van der Waals surface area contributed by atoms with Gasteiger partial charge in [-0.25, -0.2) is 8.42 Å². The van der Waals surface area contributed by atoms with Gasteiger partial charge in [-0.1, -0.05) is 30.7 Å². The highest BCUT2D eigenvalue weighted by Gasteiger charge is 2.14. The van der Waals surface area contributed by atoms with E-state index in [4.69, 9.17) is 23.8 Å². The Bertz CT molecular complexity index is 838. The van der Waals surface area contributed by atoms with Crippen LogP contribution in [0, 0.1) is 0 Å². The number of hydrogen-bond acceptors (Lipinski definition) is 4. The molecular weight excluding hydrogens is 356 g/mol. The van der Waals surface area contributed by atoms with E-state index in [1.54, 1.807) is 31.2 Å². The molecule has 5 nitrogen and oxygen atoms in total. The van der Waals surface area contributed by atoms with Crippen molar-refractivity contribution in [3.8, 4) is 5.75 Å². The molecular formula is C15H15ClN2O3S2. The number of phenols is 1. The van der Waals surface area contributed by atoms with Gasteiger partial charge in [-0.05, 0) is 42.5 Å². The van der Waals surface area contributed by atoms with Crippen LogP contribution in [0.3, 0.4) is 0 Å². The number of anilines is 2. The van der Waals surface area contributed by atoms with Crippen LogP contribution in [0.1, 0.15) is 6.92 Å². The minimum atomic E-state index is -3.37. The minimum Gasteiger partial charge on any atom is -0.506 e. The number of rotatable bonds is 4. The Hall–Kier alpha value is -1.83. The third-order valence-electron chi connectivity index (χ3n) is 3.08. The van der Waals surface area contributed by atoms with E-state index in [1.807, 2.05) is 0 Å². The first-order chi connectivity index (χ1) is 10.8. The van der Waals surface area contributed by atoms with Gasteiger partial charge in [0.15, 0.2) is 14.9 Å². The molecule has 0 fully saturated rings. The van der Waals surface area contributed by atoms with E-state index >= 15 is 0 Å². The first-order valence-corrected chi connectivity index (χ1v) is 9.15. The van der Waals surface area contributed by atoms with E-state index in [1.165, 1.54) is 18.2 Å². The molecule has 0 heterocycles. The maximum Gasteiger partial charge on any atom is 0.178 e. The lowest BCUT2D eigenvalue weighted by molar-refractivity contribution is 0.477. The number of benzene rings is 2. The molecule has 0 aliphatic heterocycles. The van der Waals surface area contributed by atoms with Crippen LogP contribution in [0.2, 0.25) is 5.02 Å². The highest BCUT2D eigenvalue weighted by atomic mass is 35.5. The summed E-state index contributed by atoms with van der Waals surface area (Å²) in [5.41, 5.74) is 0.799. The first kappa shape index (κ1) is 17.5. The molecule has 2 rings (SSSR count). The number of thiocarbonyl (C=S) groups is 1. The normalized spacial score (nSPS) is 11.0. The monoisotopic (exact) mass is 370 g/mol. The fourth-order valence-electron chi connectivity index (χ4n) is 1.81. The third-order valence-corrected chi connectivity index (χ3v) is 5.34. The predicted octanol–water partition coefficient (Wildman–Crippen LogP) is 3.65. The van der Waals surface area contributed by atoms with Crippen LogP contribution in [-0.4, -0.2) is 24.4 Å². The molecule has 0 aromatic heterocycles. The lowest BCUT2D eigenvalue weighted by atomic mass is 10.3. The largest absolute Gasteiger partial charge is 0.506 e. The van der Waals surface area contributed by atoms with Gasteiger partial charge < -0.3 is 15.7 Å². The molecule has 23 heavy (non-hydrogen) atoms. The van der Waals surface area contributed by atoms with Gasteiger partial charge in [0.1, 0.15) is 5.75 Å². The molecule has 8 heteroatoms. The number of para-hydroxylation sites is 1. The Labute approximate surface area is 145 Å². The first-order valence-electron chi connectivity index (χ1n) is 6.72. The number of hydrogen-bond donors (Lipinski definition) is 3. The van der Waals surface area contributed by atoms with Crippen molar-refractivity contribution in [2.75, 3.05) is 16.4 Å². The van der Waals surface area contributed by atoms with E-state index in [9.17, 15) is 13.5 Å². The Balaban J connectivity index is 2.21. The zero-order valence-electron chi connectivity index (χ0n) is 12.2. The smallest absolute Gasteiger partial charge is 0.178 e. The molecule has 3 N–H and O–H groups in total. The van der Waals surface area contributed by atoms with Crippen molar-refractivity contribution in [2.24, 2.45) is 0 Å². The number of nitrogens with one attached hydrogen (secondary N) is 2. The van der Waals surface area contributed by atoms with Gasteiger partial charge in [-0.3, -0.25) is 0 Å². The Morgan fingerprint density at radius 2 is 1.83 bits per heavy atom. The zero-order valence-corrected chi connectivity index (χ0v) is 14.6. The van der Waals surface area contributed by atoms with Gasteiger partial charge in [0.25, 0.3) is 0 Å². The lowest BCUT2D eigenvalue weighted by Gasteiger charge is -2.13. The molecule has 0 aliphatic carbocycles. The SMILES string of the molecule is CCS(=O)(=O)c1ccc(O)c(NC(=S)Nc2ccccc2Cl)c1. The van der Waals surface area contributed by atoms with Crippen molar-refractivity contribution < 1.29 is 13.5 Å². The molecule has 0 saturated heterocycles. The number of sulfone groups is 1. The fraction of sp³-hybridized carbons (Fsp3) is 0.133. The topological polar surface area (TPSA) is 78.4 Å². The summed E-state index contributed by atoms with van der Waals surface area (Å²) in [6.45, 7) is 1.55. The second-order valence-electron chi connectivity index (χ2n) is 4.64. The maximum absolute atomic E-state index is 11.9. The zero-order chi connectivity index (χ0) is 17.0. The van der Waals surface area contributed by atoms with Gasteiger partial charge in [0.05, 0.1) is 27.0 Å². The third kappa shape index (κ3) is 4.34. The summed E-state index contributed by atoms with van der Waals surface area (Å²) in [7, 11) is -3.37. The number of phenolic OH excluding ortho intramolecular Hbond substituents is 1. The van der Waals surface area contributed by atoms with Crippen molar-refractivity contribution in [3.63, 3.8) is 0 Å². The van der Waals surface area contributed by atoms with Crippen molar-refractivity contribution in [1.82, 2.24) is 0 Å². The highest BCUT2D eigenvalue weighted by Crippen LogP contribution is 2.27. The Morgan fingerprint density at radius 1 is 1.17 bits per heavy atom. The lowest BCUT2D eigenvalue weighted by Crippen LogP contribution is -2.19. The van der Waals surface area contributed by atoms with Gasteiger partial charge in [-0.15, -0.1) is 0 Å². The summed E-state index contributed by atoms with van der Waals surface area (Å²) in [5.74, 6) is -0.136. The van der Waals surface area contributed by atoms with Crippen LogP contribution in [0.15, 0.2) is 47.4 Å². The Kier molecular flexibility index (Phi) is 5.46. The summed E-state index contributed by atoms with van der Waals surface area (Å²) >= 11 is 11.2. The standard InChI is InChI=1S/C15H15ClN2O3S2/c1-2-23(20,21)10-7-8-14(19)13(9-10)18-15(22)17-12-6-4-3-5-11(12)16/h3-9,19H,2H2,1H3,(H2,17,18,22). The number of aromatic hydroxyl groups is 1. The van der Waals surface area contributed by atoms with E-state index in [0.29, 0.717) is 10.7 Å². The van der Waals surface area contributed by atoms with Crippen LogP contribution in [0.4, 0.5) is 11.4 Å². The molecule has 0 radical (unpaired) electrons. The molecule has 122 valence electrons. The van der Waals surface area contributed by atoms with Crippen LogP contribution >= 0.6 is 23.8 Å². The second-order valence-corrected chi connectivity index (χ2v) is 7.74. The molecule has 0 spiro atoms. The molecule has 0 aliphatic rings. The fourth-order valence-corrected chi connectivity index (χ4v) is 3.12. The number of halogens is 1. The molecule has 0 atom stereocenters. The second kappa shape index (κ2) is 7.16. The maximum atomic E-state index is 11.9. The summed E-state index contributed by atoms with van der Waals surface area (Å²) in [4.78, 5) is 0.112. The minimum absolute atomic E-state index is 0.0282. The summed E-state index contributed by atoms with van der Waals surface area (Å²) in [5, 5.41) is 16.2. The van der Waals surface area contributed by atoms with Crippen LogP contribution in [-0.2, 0) is 9.84 Å². The molecule has 0 unspecified atom stereocenters. The average Bonchev–Trinajstić information content (AvgIpc) is 2.51. The summed E-state index contributed by atoms with van der Waals surface area (Å²) < 4.78 is 23.8. The van der Waals surface area contributed by atoms with Crippen LogP contribution < -0.4 is 10.6 Å². The Morgan fingerprint density at radius 3 is 2.48 bits per heavy atom. The summed E-state index contributed by atoms with van der Waals surface area (Å²) in [6, 6.07) is 11.0. The molecule has 0 bridgehead atoms. The van der Waals surface area contributed by atoms with E-state index in [2.05, 4.69) is 10.6 Å². The van der Waals surface area contributed by atoms with Gasteiger partial charge in [0, 0.05) is 0 Å². The molecule has 0 amide bonds. The van der Waals surface area contributed by atoms with Gasteiger partial charge in [0.2, 0.25) is 0 Å². The van der Waals surface area contributed by atoms with Crippen LogP contribution in [0.5, 0.6) is 5.75 Å².